The largest absolute Gasteiger partial charge is 0.480 e. The summed E-state index contributed by atoms with van der Waals surface area (Å²) < 4.78 is 36.7. The molecule has 2 atom stereocenters. The van der Waals surface area contributed by atoms with E-state index in [1.54, 1.807) is 0 Å². The van der Waals surface area contributed by atoms with Crippen LogP contribution < -0.4 is 5.73 Å². The molecule has 0 aromatic heterocycles. The van der Waals surface area contributed by atoms with Gasteiger partial charge in [0.15, 0.2) is 0 Å². The van der Waals surface area contributed by atoms with Gasteiger partial charge in [-0.3, -0.25) is 4.79 Å². The smallest absolute Gasteiger partial charge is 0.416 e. The summed E-state index contributed by atoms with van der Waals surface area (Å²) in [6.07, 6.45) is -6.02. The van der Waals surface area contributed by atoms with Crippen LogP contribution >= 0.6 is 0 Å². The first-order chi connectivity index (χ1) is 7.73. The van der Waals surface area contributed by atoms with Crippen LogP contribution in [0.1, 0.15) is 17.2 Å². The lowest BCUT2D eigenvalue weighted by atomic mass is 10.0. The number of carbonyl (C=O) groups is 1. The van der Waals surface area contributed by atoms with Crippen molar-refractivity contribution in [1.29, 1.82) is 0 Å². The number of carboxylic acid groups (broad SMARTS) is 1. The monoisotopic (exact) mass is 249 g/mol. The molecule has 0 heterocycles. The number of hydrogen-bond donors (Lipinski definition) is 3. The molecule has 1 aromatic rings. The van der Waals surface area contributed by atoms with Crippen LogP contribution in [0.2, 0.25) is 0 Å². The number of hydrogen-bond acceptors (Lipinski definition) is 3. The average molecular weight is 249 g/mol. The van der Waals surface area contributed by atoms with Gasteiger partial charge in [-0.25, -0.2) is 0 Å². The first kappa shape index (κ1) is 13.5. The lowest BCUT2D eigenvalue weighted by Gasteiger charge is -2.16. The molecule has 0 saturated heterocycles. The molecule has 0 aliphatic carbocycles. The number of aliphatic hydroxyl groups excluding tert-OH is 1. The van der Waals surface area contributed by atoms with Gasteiger partial charge in [-0.2, -0.15) is 13.2 Å². The highest BCUT2D eigenvalue weighted by Crippen LogP contribution is 2.30. The van der Waals surface area contributed by atoms with Crippen molar-refractivity contribution < 1.29 is 28.2 Å². The molecule has 1 aromatic carbocycles. The van der Waals surface area contributed by atoms with E-state index in [4.69, 9.17) is 10.8 Å². The summed E-state index contributed by atoms with van der Waals surface area (Å²) in [5.41, 5.74) is 4.29. The van der Waals surface area contributed by atoms with Crippen LogP contribution in [0.3, 0.4) is 0 Å². The van der Waals surface area contributed by atoms with Crippen molar-refractivity contribution in [1.82, 2.24) is 0 Å². The molecular formula is C10H10F3NO3. The highest BCUT2D eigenvalue weighted by atomic mass is 19.4. The van der Waals surface area contributed by atoms with Gasteiger partial charge >= 0.3 is 12.1 Å². The standard InChI is InChI=1S/C10H10F3NO3/c11-10(12,13)6-3-1-5(2-4-6)8(15)7(14)9(16)17/h1-4,7-8,15H,14H2,(H,16,17)/t7-,8+/m1/s1. The van der Waals surface area contributed by atoms with Crippen LogP contribution in [0.5, 0.6) is 0 Å². The highest BCUT2D eigenvalue weighted by molar-refractivity contribution is 5.74. The number of aliphatic carboxylic acids is 1. The van der Waals surface area contributed by atoms with Crippen LogP contribution in [0, 0.1) is 0 Å². The number of aliphatic hydroxyl groups is 1. The maximum absolute atomic E-state index is 12.2. The van der Waals surface area contributed by atoms with Gasteiger partial charge in [-0.1, -0.05) is 12.1 Å². The minimum absolute atomic E-state index is 0.0212. The summed E-state index contributed by atoms with van der Waals surface area (Å²) in [6.45, 7) is 0. The molecule has 1 rings (SSSR count). The van der Waals surface area contributed by atoms with Crippen molar-refractivity contribution >= 4 is 5.97 Å². The number of halogens is 3. The lowest BCUT2D eigenvalue weighted by molar-refractivity contribution is -0.141. The Balaban J connectivity index is 2.92. The number of carboxylic acids is 1. The summed E-state index contributed by atoms with van der Waals surface area (Å²) in [7, 11) is 0. The first-order valence-electron chi connectivity index (χ1n) is 4.57. The molecule has 0 saturated carbocycles. The van der Waals surface area contributed by atoms with Gasteiger partial charge in [0.25, 0.3) is 0 Å². The fourth-order valence-electron chi connectivity index (χ4n) is 1.21. The topological polar surface area (TPSA) is 83.6 Å². The van der Waals surface area contributed by atoms with Crippen LogP contribution in [-0.4, -0.2) is 22.2 Å². The molecular weight excluding hydrogens is 239 g/mol. The second-order valence-electron chi connectivity index (χ2n) is 3.43. The number of benzene rings is 1. The third-order valence-electron chi connectivity index (χ3n) is 2.20. The molecule has 0 radical (unpaired) electrons. The van der Waals surface area contributed by atoms with E-state index >= 15 is 0 Å². The number of alkyl halides is 3. The Morgan fingerprint density at radius 2 is 1.71 bits per heavy atom. The molecule has 0 aliphatic heterocycles. The molecule has 0 bridgehead atoms. The molecule has 7 heteroatoms. The van der Waals surface area contributed by atoms with Crippen molar-refractivity contribution in [3.8, 4) is 0 Å². The van der Waals surface area contributed by atoms with Gasteiger partial charge in [0.05, 0.1) is 5.56 Å². The van der Waals surface area contributed by atoms with Gasteiger partial charge in [0.2, 0.25) is 0 Å². The van der Waals surface area contributed by atoms with Crippen LogP contribution in [0.25, 0.3) is 0 Å². The van der Waals surface area contributed by atoms with E-state index in [0.29, 0.717) is 0 Å². The van der Waals surface area contributed by atoms with Crippen LogP contribution in [0.15, 0.2) is 24.3 Å². The maximum atomic E-state index is 12.2. The van der Waals surface area contributed by atoms with E-state index < -0.39 is 29.9 Å². The molecule has 0 spiro atoms. The Morgan fingerprint density at radius 3 is 2.06 bits per heavy atom. The quantitative estimate of drug-likeness (QED) is 0.750. The van der Waals surface area contributed by atoms with E-state index in [1.807, 2.05) is 0 Å². The van der Waals surface area contributed by atoms with Gasteiger partial charge in [0, 0.05) is 0 Å². The third-order valence-corrected chi connectivity index (χ3v) is 2.20. The fraction of sp³-hybridized carbons (Fsp3) is 0.300. The lowest BCUT2D eigenvalue weighted by Crippen LogP contribution is -2.36. The van der Waals surface area contributed by atoms with Gasteiger partial charge < -0.3 is 15.9 Å². The number of nitrogens with two attached hydrogens (primary N) is 1. The van der Waals surface area contributed by atoms with Crippen molar-refractivity contribution in [2.24, 2.45) is 5.73 Å². The zero-order valence-electron chi connectivity index (χ0n) is 8.48. The SMILES string of the molecule is N[C@@H](C(=O)O)[C@@H](O)c1ccc(C(F)(F)F)cc1. The number of rotatable bonds is 3. The molecule has 94 valence electrons. The highest BCUT2D eigenvalue weighted by Gasteiger charge is 2.31. The van der Waals surface area contributed by atoms with Gasteiger partial charge in [-0.15, -0.1) is 0 Å². The average Bonchev–Trinajstić information content (AvgIpc) is 2.26. The molecule has 0 fully saturated rings. The molecule has 0 amide bonds. The van der Waals surface area contributed by atoms with E-state index in [1.165, 1.54) is 0 Å². The Morgan fingerprint density at radius 1 is 1.24 bits per heavy atom. The Bertz CT molecular complexity index is 402. The van der Waals surface area contributed by atoms with E-state index in [0.717, 1.165) is 24.3 Å². The second-order valence-corrected chi connectivity index (χ2v) is 3.43. The van der Waals surface area contributed by atoms with Crippen LogP contribution in [0.4, 0.5) is 13.2 Å². The van der Waals surface area contributed by atoms with Crippen molar-refractivity contribution in [2.45, 2.75) is 18.3 Å². The summed E-state index contributed by atoms with van der Waals surface area (Å²) >= 11 is 0. The molecule has 17 heavy (non-hydrogen) atoms. The predicted molar refractivity (Wildman–Crippen MR) is 52.0 cm³/mol. The Labute approximate surface area is 94.5 Å². The fourth-order valence-corrected chi connectivity index (χ4v) is 1.21. The van der Waals surface area contributed by atoms with E-state index in [-0.39, 0.29) is 5.56 Å². The third kappa shape index (κ3) is 3.18. The molecule has 4 nitrogen and oxygen atoms in total. The Kier molecular flexibility index (Phi) is 3.74. The van der Waals surface area contributed by atoms with Gasteiger partial charge in [-0.05, 0) is 17.7 Å². The second kappa shape index (κ2) is 4.72. The maximum Gasteiger partial charge on any atom is 0.416 e. The summed E-state index contributed by atoms with van der Waals surface area (Å²) in [5, 5.41) is 18.0. The molecule has 0 aliphatic rings. The van der Waals surface area contributed by atoms with Crippen molar-refractivity contribution in [2.75, 3.05) is 0 Å². The first-order valence-corrected chi connectivity index (χ1v) is 4.57. The summed E-state index contributed by atoms with van der Waals surface area (Å²) in [4.78, 5) is 10.5. The minimum Gasteiger partial charge on any atom is -0.480 e. The molecule has 4 N–H and O–H groups in total. The predicted octanol–water partition coefficient (Wildman–Crippen LogP) is 1.15. The van der Waals surface area contributed by atoms with Crippen molar-refractivity contribution in [3.63, 3.8) is 0 Å². The van der Waals surface area contributed by atoms with E-state index in [9.17, 15) is 23.1 Å². The summed E-state index contributed by atoms with van der Waals surface area (Å²) in [6, 6.07) is 1.93. The van der Waals surface area contributed by atoms with Crippen molar-refractivity contribution in [3.05, 3.63) is 35.4 Å². The normalized spacial score (nSPS) is 15.4. The minimum atomic E-state index is -4.47. The summed E-state index contributed by atoms with van der Waals surface area (Å²) in [5.74, 6) is -1.43. The zero-order chi connectivity index (χ0) is 13.2. The van der Waals surface area contributed by atoms with E-state index in [2.05, 4.69) is 0 Å². The van der Waals surface area contributed by atoms with Gasteiger partial charge in [0.1, 0.15) is 12.1 Å². The Hall–Kier alpha value is -1.60. The zero-order valence-corrected chi connectivity index (χ0v) is 8.48. The molecule has 0 unspecified atom stereocenters. The van der Waals surface area contributed by atoms with Crippen LogP contribution in [-0.2, 0) is 11.0 Å².